The number of esters is 1. The Hall–Kier alpha value is -3.14. The topological polar surface area (TPSA) is 74.6 Å². The number of anilines is 1. The molecule has 0 aliphatic carbocycles. The number of aromatic nitrogens is 2. The molecule has 6 rings (SSSR count). The molecule has 2 aliphatic rings. The Morgan fingerprint density at radius 1 is 1.14 bits per heavy atom. The van der Waals surface area contributed by atoms with E-state index in [1.54, 1.807) is 4.57 Å². The van der Waals surface area contributed by atoms with Gasteiger partial charge in [-0.05, 0) is 30.3 Å². The van der Waals surface area contributed by atoms with E-state index in [1.807, 2.05) is 43.3 Å². The Bertz CT molecular complexity index is 1520. The molecule has 3 heterocycles. The van der Waals surface area contributed by atoms with Gasteiger partial charge in [-0.15, -0.1) is 0 Å². The number of fused-ring (bicyclic) bond motifs is 3. The average Bonchev–Trinajstić information content (AvgIpc) is 3.57. The molecule has 1 radical (unpaired) electrons. The van der Waals surface area contributed by atoms with Gasteiger partial charge in [0, 0.05) is 65.8 Å². The van der Waals surface area contributed by atoms with E-state index >= 15 is 0 Å². The first-order chi connectivity index (χ1) is 17.4. The number of rotatable bonds is 5. The van der Waals surface area contributed by atoms with Gasteiger partial charge in [-0.1, -0.05) is 19.1 Å². The fourth-order valence-corrected chi connectivity index (χ4v) is 4.94. The van der Waals surface area contributed by atoms with Crippen LogP contribution in [-0.4, -0.2) is 58.3 Å². The quantitative estimate of drug-likeness (QED) is 0.298. The molecule has 0 saturated carbocycles. The number of hydrogen-bond acceptors (Lipinski definition) is 6. The number of nitrogens with zero attached hydrogens (tertiary/aromatic N) is 2. The van der Waals surface area contributed by atoms with Crippen molar-refractivity contribution in [3.8, 4) is 17.2 Å². The molecule has 1 aromatic heterocycles. The second kappa shape index (κ2) is 9.96. The Labute approximate surface area is 234 Å². The molecule has 3 aromatic carbocycles. The van der Waals surface area contributed by atoms with Crippen LogP contribution in [0.15, 0.2) is 48.5 Å². The van der Waals surface area contributed by atoms with E-state index in [4.69, 9.17) is 14.2 Å². The minimum atomic E-state index is -0.935. The van der Waals surface area contributed by atoms with E-state index in [2.05, 4.69) is 10.3 Å². The fraction of sp³-hybridized carbons (Fsp3) is 0.259. The second-order valence-electron chi connectivity index (χ2n) is 8.81. The SMILES string of the molecule is CCc1nc2ccc(F)c(F)c2n1-c1cccc2c1OC[C@H]2Nc1ccc2c(c1)OC[C@H]2OC(C)=O.[Na]. The third kappa shape index (κ3) is 4.35. The predicted molar refractivity (Wildman–Crippen MR) is 134 cm³/mol. The van der Waals surface area contributed by atoms with Gasteiger partial charge < -0.3 is 19.5 Å². The summed E-state index contributed by atoms with van der Waals surface area (Å²) in [5, 5.41) is 3.47. The molecule has 2 aliphatic heterocycles. The van der Waals surface area contributed by atoms with Crippen LogP contribution in [0.2, 0.25) is 0 Å². The maximum atomic E-state index is 14.9. The second-order valence-corrected chi connectivity index (χ2v) is 8.81. The van der Waals surface area contributed by atoms with Crippen LogP contribution in [-0.2, 0) is 16.0 Å². The van der Waals surface area contributed by atoms with Crippen molar-refractivity contribution >= 4 is 52.2 Å². The number of nitrogens with one attached hydrogen (secondary N) is 1. The number of hydrogen-bond donors (Lipinski definition) is 1. The van der Waals surface area contributed by atoms with E-state index in [0.29, 0.717) is 41.6 Å². The number of aryl methyl sites for hydroxylation is 1. The summed E-state index contributed by atoms with van der Waals surface area (Å²) in [7, 11) is 0. The van der Waals surface area contributed by atoms with Crippen LogP contribution in [0.5, 0.6) is 11.5 Å². The fourth-order valence-electron chi connectivity index (χ4n) is 4.94. The summed E-state index contributed by atoms with van der Waals surface area (Å²) in [6.45, 7) is 3.93. The molecular weight excluding hydrogens is 491 g/mol. The number of carbonyl (C=O) groups is 1. The number of ether oxygens (including phenoxy) is 3. The van der Waals surface area contributed by atoms with Gasteiger partial charge in [-0.2, -0.15) is 0 Å². The van der Waals surface area contributed by atoms with E-state index in [-0.39, 0.29) is 53.7 Å². The molecule has 0 amide bonds. The van der Waals surface area contributed by atoms with Crippen molar-refractivity contribution in [1.29, 1.82) is 0 Å². The monoisotopic (exact) mass is 514 g/mol. The van der Waals surface area contributed by atoms with Gasteiger partial charge in [0.2, 0.25) is 0 Å². The molecule has 185 valence electrons. The summed E-state index contributed by atoms with van der Waals surface area (Å²) in [5.74, 6) is -0.340. The van der Waals surface area contributed by atoms with Crippen molar-refractivity contribution in [1.82, 2.24) is 9.55 Å². The third-order valence-corrected chi connectivity index (χ3v) is 6.53. The van der Waals surface area contributed by atoms with Gasteiger partial charge in [0.05, 0.1) is 17.2 Å². The summed E-state index contributed by atoms with van der Waals surface area (Å²) >= 11 is 0. The van der Waals surface area contributed by atoms with E-state index < -0.39 is 17.7 Å². The summed E-state index contributed by atoms with van der Waals surface area (Å²) < 4.78 is 47.8. The molecular formula is C27H23F2N3NaO4. The van der Waals surface area contributed by atoms with Gasteiger partial charge in [-0.25, -0.2) is 13.8 Å². The number of carbonyl (C=O) groups excluding carboxylic acids is 1. The maximum absolute atomic E-state index is 14.9. The first kappa shape index (κ1) is 25.5. The molecule has 37 heavy (non-hydrogen) atoms. The molecule has 2 atom stereocenters. The predicted octanol–water partition coefficient (Wildman–Crippen LogP) is 5.03. The molecule has 0 saturated heterocycles. The average molecular weight is 514 g/mol. The van der Waals surface area contributed by atoms with Crippen molar-refractivity contribution in [3.63, 3.8) is 0 Å². The van der Waals surface area contributed by atoms with Crippen LogP contribution >= 0.6 is 0 Å². The van der Waals surface area contributed by atoms with Gasteiger partial charge >= 0.3 is 5.97 Å². The normalized spacial score (nSPS) is 17.4. The van der Waals surface area contributed by atoms with Crippen LogP contribution in [0.1, 0.15) is 42.9 Å². The van der Waals surface area contributed by atoms with Crippen molar-refractivity contribution in [2.75, 3.05) is 18.5 Å². The minimum Gasteiger partial charge on any atom is -0.489 e. The Morgan fingerprint density at radius 2 is 1.97 bits per heavy atom. The summed E-state index contributed by atoms with van der Waals surface area (Å²) in [6, 6.07) is 13.7. The van der Waals surface area contributed by atoms with Crippen LogP contribution < -0.4 is 14.8 Å². The number of imidazole rings is 1. The Balaban J connectivity index is 0.00000280. The molecule has 7 nitrogen and oxygen atoms in total. The molecule has 1 N–H and O–H groups in total. The number of para-hydroxylation sites is 1. The zero-order valence-electron chi connectivity index (χ0n) is 20.7. The number of halogens is 2. The minimum absolute atomic E-state index is 0. The van der Waals surface area contributed by atoms with Gasteiger partial charge in [0.1, 0.15) is 36.1 Å². The van der Waals surface area contributed by atoms with Gasteiger partial charge in [0.15, 0.2) is 17.7 Å². The maximum Gasteiger partial charge on any atom is 0.303 e. The standard InChI is InChI=1S/C27H23F2N3O4.Na/c1-3-24-31-19-10-9-18(28)25(29)26(19)32(24)21-6-4-5-16-20(12-35-27(16)21)30-15-7-8-17-22(11-15)34-13-23(17)36-14(2)33;/h4-11,20,23,30H,3,12-13H2,1-2H3;/t20-,23-;/m1./s1. The summed E-state index contributed by atoms with van der Waals surface area (Å²) in [5.41, 5.74) is 3.64. The number of benzene rings is 3. The zero-order chi connectivity index (χ0) is 25.0. The first-order valence-electron chi connectivity index (χ1n) is 11.8. The van der Waals surface area contributed by atoms with E-state index in [1.165, 1.54) is 13.0 Å². The molecule has 0 bridgehead atoms. The summed E-state index contributed by atoms with van der Waals surface area (Å²) in [4.78, 5) is 15.9. The molecule has 0 spiro atoms. The van der Waals surface area contributed by atoms with E-state index in [9.17, 15) is 13.6 Å². The van der Waals surface area contributed by atoms with Crippen molar-refractivity contribution in [2.45, 2.75) is 32.4 Å². The first-order valence-corrected chi connectivity index (χ1v) is 11.8. The zero-order valence-corrected chi connectivity index (χ0v) is 22.7. The van der Waals surface area contributed by atoms with Gasteiger partial charge in [-0.3, -0.25) is 9.36 Å². The van der Waals surface area contributed by atoms with Crippen LogP contribution in [0.3, 0.4) is 0 Å². The third-order valence-electron chi connectivity index (χ3n) is 6.53. The smallest absolute Gasteiger partial charge is 0.303 e. The largest absolute Gasteiger partial charge is 0.489 e. The Kier molecular flexibility index (Phi) is 6.87. The van der Waals surface area contributed by atoms with Crippen molar-refractivity contribution < 1.29 is 27.8 Å². The molecule has 10 heteroatoms. The Morgan fingerprint density at radius 3 is 2.76 bits per heavy atom. The summed E-state index contributed by atoms with van der Waals surface area (Å²) in [6.07, 6.45) is 0.123. The van der Waals surface area contributed by atoms with Crippen LogP contribution in [0.4, 0.5) is 14.5 Å². The molecule has 0 fully saturated rings. The van der Waals surface area contributed by atoms with Crippen molar-refractivity contribution in [2.24, 2.45) is 0 Å². The van der Waals surface area contributed by atoms with Crippen molar-refractivity contribution in [3.05, 3.63) is 77.1 Å². The van der Waals surface area contributed by atoms with Gasteiger partial charge in [0.25, 0.3) is 0 Å². The van der Waals surface area contributed by atoms with Crippen LogP contribution in [0.25, 0.3) is 16.7 Å². The van der Waals surface area contributed by atoms with E-state index in [0.717, 1.165) is 22.9 Å². The molecule has 0 unspecified atom stereocenters. The van der Waals surface area contributed by atoms with Crippen LogP contribution in [0, 0.1) is 11.6 Å². The molecule has 4 aromatic rings.